The minimum atomic E-state index is -0.397. The Kier molecular flexibility index (Phi) is 5.96. The van der Waals surface area contributed by atoms with Gasteiger partial charge in [-0.2, -0.15) is 5.26 Å². The normalized spacial score (nSPS) is 10.9. The Morgan fingerprint density at radius 1 is 1.09 bits per heavy atom. The van der Waals surface area contributed by atoms with E-state index in [0.717, 1.165) is 11.1 Å². The third kappa shape index (κ3) is 4.45. The maximum atomic E-state index is 12.4. The van der Waals surface area contributed by atoms with Crippen LogP contribution in [0.5, 0.6) is 0 Å². The molecule has 0 aromatic heterocycles. The van der Waals surface area contributed by atoms with Crippen LogP contribution < -0.4 is 10.6 Å². The fraction of sp³-hybridized carbons (Fsp3) is 0.158. The number of rotatable bonds is 6. The van der Waals surface area contributed by atoms with Crippen molar-refractivity contribution in [1.82, 2.24) is 10.6 Å². The Hall–Kier alpha value is -3.06. The average Bonchev–Trinajstić information content (AvgIpc) is 2.62. The van der Waals surface area contributed by atoms with E-state index in [0.29, 0.717) is 6.54 Å². The van der Waals surface area contributed by atoms with Crippen LogP contribution in [0.1, 0.15) is 24.1 Å². The molecule has 0 aliphatic rings. The summed E-state index contributed by atoms with van der Waals surface area (Å²) >= 11 is 0. The van der Waals surface area contributed by atoms with Gasteiger partial charge in [0.15, 0.2) is 0 Å². The van der Waals surface area contributed by atoms with E-state index >= 15 is 0 Å². The molecule has 0 aliphatic carbocycles. The second-order valence-corrected chi connectivity index (χ2v) is 4.96. The molecule has 116 valence electrons. The lowest BCUT2D eigenvalue weighted by Crippen LogP contribution is -2.30. The Balaban J connectivity index is 2.29. The van der Waals surface area contributed by atoms with Gasteiger partial charge < -0.3 is 10.6 Å². The van der Waals surface area contributed by atoms with E-state index < -0.39 is 5.91 Å². The molecule has 0 fully saturated rings. The maximum absolute atomic E-state index is 12.4. The first-order valence-electron chi connectivity index (χ1n) is 7.50. The van der Waals surface area contributed by atoms with Crippen molar-refractivity contribution < 1.29 is 4.79 Å². The van der Waals surface area contributed by atoms with Crippen LogP contribution >= 0.6 is 0 Å². The Morgan fingerprint density at radius 3 is 2.04 bits per heavy atom. The first-order chi connectivity index (χ1) is 11.3. The van der Waals surface area contributed by atoms with E-state index in [9.17, 15) is 4.79 Å². The molecule has 2 aromatic carbocycles. The van der Waals surface area contributed by atoms with E-state index in [1.807, 2.05) is 73.7 Å². The predicted octanol–water partition coefficient (Wildman–Crippen LogP) is 2.91. The highest BCUT2D eigenvalue weighted by Crippen LogP contribution is 2.22. The van der Waals surface area contributed by atoms with Gasteiger partial charge in [0.25, 0.3) is 5.91 Å². The van der Waals surface area contributed by atoms with Gasteiger partial charge in [-0.05, 0) is 18.1 Å². The fourth-order valence-electron chi connectivity index (χ4n) is 2.21. The molecule has 2 aromatic rings. The van der Waals surface area contributed by atoms with Crippen molar-refractivity contribution in [3.8, 4) is 6.07 Å². The monoisotopic (exact) mass is 305 g/mol. The van der Waals surface area contributed by atoms with Gasteiger partial charge in [0.1, 0.15) is 11.6 Å². The van der Waals surface area contributed by atoms with Crippen LogP contribution in [-0.4, -0.2) is 12.5 Å². The van der Waals surface area contributed by atoms with Crippen LogP contribution in [0.25, 0.3) is 0 Å². The van der Waals surface area contributed by atoms with Gasteiger partial charge >= 0.3 is 0 Å². The minimum Gasteiger partial charge on any atom is -0.390 e. The van der Waals surface area contributed by atoms with Crippen molar-refractivity contribution in [3.63, 3.8) is 0 Å². The zero-order valence-electron chi connectivity index (χ0n) is 13.0. The molecule has 4 nitrogen and oxygen atoms in total. The molecule has 0 unspecified atom stereocenters. The number of amides is 1. The zero-order chi connectivity index (χ0) is 16.5. The maximum Gasteiger partial charge on any atom is 0.264 e. The summed E-state index contributed by atoms with van der Waals surface area (Å²) in [5, 5.41) is 15.0. The van der Waals surface area contributed by atoms with Crippen molar-refractivity contribution in [2.45, 2.75) is 13.0 Å². The highest BCUT2D eigenvalue weighted by atomic mass is 16.1. The Bertz CT molecular complexity index is 663. The molecule has 2 rings (SSSR count). The number of benzene rings is 2. The molecule has 4 heteroatoms. The summed E-state index contributed by atoms with van der Waals surface area (Å²) in [4.78, 5) is 12.4. The first-order valence-corrected chi connectivity index (χ1v) is 7.50. The van der Waals surface area contributed by atoms with Crippen LogP contribution in [-0.2, 0) is 4.79 Å². The third-order valence-corrected chi connectivity index (χ3v) is 3.36. The smallest absolute Gasteiger partial charge is 0.264 e. The van der Waals surface area contributed by atoms with Gasteiger partial charge in [0, 0.05) is 12.7 Å². The number of carbonyl (C=O) groups excluding carboxylic acids is 1. The molecule has 0 bridgehead atoms. The number of nitrogens with zero attached hydrogens (tertiary/aromatic N) is 1. The van der Waals surface area contributed by atoms with Gasteiger partial charge in [-0.1, -0.05) is 60.7 Å². The molecule has 0 heterocycles. The Morgan fingerprint density at radius 2 is 1.61 bits per heavy atom. The summed E-state index contributed by atoms with van der Waals surface area (Å²) in [6.45, 7) is 2.55. The van der Waals surface area contributed by atoms with Gasteiger partial charge in [-0.15, -0.1) is 0 Å². The predicted molar refractivity (Wildman–Crippen MR) is 90.2 cm³/mol. The SMILES string of the molecule is CCN/C=C(/C#N)C(=O)NC(c1ccccc1)c1ccccc1. The third-order valence-electron chi connectivity index (χ3n) is 3.36. The molecule has 0 spiro atoms. The molecule has 2 N–H and O–H groups in total. The van der Waals surface area contributed by atoms with Crippen LogP contribution in [0.3, 0.4) is 0 Å². The fourth-order valence-corrected chi connectivity index (χ4v) is 2.21. The Labute approximate surface area is 136 Å². The number of hydrogen-bond donors (Lipinski definition) is 2. The number of hydrogen-bond acceptors (Lipinski definition) is 3. The molecule has 0 saturated carbocycles. The van der Waals surface area contributed by atoms with Crippen LogP contribution in [0.4, 0.5) is 0 Å². The van der Waals surface area contributed by atoms with Crippen LogP contribution in [0, 0.1) is 11.3 Å². The molecular formula is C19H19N3O. The zero-order valence-corrected chi connectivity index (χ0v) is 13.0. The number of nitriles is 1. The molecule has 23 heavy (non-hydrogen) atoms. The summed E-state index contributed by atoms with van der Waals surface area (Å²) in [6.07, 6.45) is 1.45. The second-order valence-electron chi connectivity index (χ2n) is 4.96. The van der Waals surface area contributed by atoms with Crippen molar-refractivity contribution >= 4 is 5.91 Å². The van der Waals surface area contributed by atoms with Crippen LogP contribution in [0.15, 0.2) is 72.4 Å². The van der Waals surface area contributed by atoms with Gasteiger partial charge in [0.2, 0.25) is 0 Å². The largest absolute Gasteiger partial charge is 0.390 e. The van der Waals surface area contributed by atoms with E-state index in [2.05, 4.69) is 10.6 Å². The van der Waals surface area contributed by atoms with E-state index in [-0.39, 0.29) is 11.6 Å². The van der Waals surface area contributed by atoms with Gasteiger partial charge in [-0.3, -0.25) is 4.79 Å². The van der Waals surface area contributed by atoms with Crippen LogP contribution in [0.2, 0.25) is 0 Å². The molecule has 0 atom stereocenters. The average molecular weight is 305 g/mol. The number of nitrogens with one attached hydrogen (secondary N) is 2. The number of carbonyl (C=O) groups is 1. The van der Waals surface area contributed by atoms with Gasteiger partial charge in [-0.25, -0.2) is 0 Å². The summed E-state index contributed by atoms with van der Waals surface area (Å²) in [6, 6.07) is 21.0. The van der Waals surface area contributed by atoms with E-state index in [1.54, 1.807) is 0 Å². The first kappa shape index (κ1) is 16.3. The highest BCUT2D eigenvalue weighted by Gasteiger charge is 2.18. The van der Waals surface area contributed by atoms with E-state index in [4.69, 9.17) is 5.26 Å². The van der Waals surface area contributed by atoms with Crippen molar-refractivity contribution in [3.05, 3.63) is 83.6 Å². The lowest BCUT2D eigenvalue weighted by Gasteiger charge is -2.19. The lowest BCUT2D eigenvalue weighted by atomic mass is 9.98. The topological polar surface area (TPSA) is 64.9 Å². The molecule has 0 aliphatic heterocycles. The van der Waals surface area contributed by atoms with Crippen molar-refractivity contribution in [1.29, 1.82) is 5.26 Å². The highest BCUT2D eigenvalue weighted by molar-refractivity contribution is 5.97. The quantitative estimate of drug-likeness (QED) is 0.637. The van der Waals surface area contributed by atoms with Gasteiger partial charge in [0.05, 0.1) is 6.04 Å². The summed E-state index contributed by atoms with van der Waals surface area (Å²) in [5.41, 5.74) is 1.99. The molecule has 0 saturated heterocycles. The molecule has 0 radical (unpaired) electrons. The van der Waals surface area contributed by atoms with E-state index in [1.165, 1.54) is 6.20 Å². The summed E-state index contributed by atoms with van der Waals surface area (Å²) in [5.74, 6) is -0.397. The second kappa shape index (κ2) is 8.40. The lowest BCUT2D eigenvalue weighted by molar-refractivity contribution is -0.117. The minimum absolute atomic E-state index is 0.0590. The van der Waals surface area contributed by atoms with Crippen molar-refractivity contribution in [2.75, 3.05) is 6.54 Å². The molecule has 1 amide bonds. The standard InChI is InChI=1S/C19H19N3O/c1-2-21-14-17(13-20)19(23)22-18(15-9-5-3-6-10-15)16-11-7-4-8-12-16/h3-12,14,18,21H,2H2,1H3,(H,22,23)/b17-14-. The summed E-state index contributed by atoms with van der Waals surface area (Å²) in [7, 11) is 0. The summed E-state index contributed by atoms with van der Waals surface area (Å²) < 4.78 is 0. The molecular weight excluding hydrogens is 286 g/mol. The van der Waals surface area contributed by atoms with Crippen molar-refractivity contribution in [2.24, 2.45) is 0 Å².